The molecule has 2 saturated heterocycles. The normalized spacial score (nSPS) is 25.3. The lowest BCUT2D eigenvalue weighted by Crippen LogP contribution is -2.51. The second-order valence-corrected chi connectivity index (χ2v) is 5.42. The van der Waals surface area contributed by atoms with E-state index in [0.29, 0.717) is 12.5 Å². The van der Waals surface area contributed by atoms with E-state index in [1.807, 2.05) is 4.90 Å². The molecular formula is C13H23N3O2. The fourth-order valence-electron chi connectivity index (χ4n) is 2.82. The van der Waals surface area contributed by atoms with Crippen molar-refractivity contribution in [2.75, 3.05) is 26.7 Å². The SMILES string of the molecule is CNC(=O)C1CCCN1C(=O)N1CCC(C)CC1. The van der Waals surface area contributed by atoms with E-state index in [2.05, 4.69) is 12.2 Å². The average Bonchev–Trinajstić information content (AvgIpc) is 2.87. The number of carbonyl (C=O) groups excluding carboxylic acids is 2. The van der Waals surface area contributed by atoms with Crippen molar-refractivity contribution < 1.29 is 9.59 Å². The fourth-order valence-corrected chi connectivity index (χ4v) is 2.82. The van der Waals surface area contributed by atoms with Crippen molar-refractivity contribution >= 4 is 11.9 Å². The van der Waals surface area contributed by atoms with Gasteiger partial charge in [0.1, 0.15) is 6.04 Å². The van der Waals surface area contributed by atoms with Crippen LogP contribution in [-0.2, 0) is 4.79 Å². The summed E-state index contributed by atoms with van der Waals surface area (Å²) in [5.41, 5.74) is 0. The molecule has 5 nitrogen and oxygen atoms in total. The Morgan fingerprint density at radius 2 is 1.78 bits per heavy atom. The van der Waals surface area contributed by atoms with Gasteiger partial charge in [-0.1, -0.05) is 6.92 Å². The first-order valence-electron chi connectivity index (χ1n) is 6.90. The van der Waals surface area contributed by atoms with E-state index < -0.39 is 0 Å². The van der Waals surface area contributed by atoms with E-state index >= 15 is 0 Å². The lowest BCUT2D eigenvalue weighted by molar-refractivity contribution is -0.124. The first-order chi connectivity index (χ1) is 8.63. The Kier molecular flexibility index (Phi) is 4.09. The number of likely N-dealkylation sites (N-methyl/N-ethyl adjacent to an activating group) is 1. The maximum absolute atomic E-state index is 12.4. The van der Waals surface area contributed by atoms with Gasteiger partial charge in [-0.05, 0) is 31.6 Å². The molecule has 2 aliphatic heterocycles. The lowest BCUT2D eigenvalue weighted by atomic mass is 9.99. The van der Waals surface area contributed by atoms with Gasteiger partial charge >= 0.3 is 6.03 Å². The van der Waals surface area contributed by atoms with E-state index in [1.165, 1.54) is 0 Å². The van der Waals surface area contributed by atoms with Crippen LogP contribution >= 0.6 is 0 Å². The van der Waals surface area contributed by atoms with Crippen molar-refractivity contribution in [2.24, 2.45) is 5.92 Å². The molecule has 102 valence electrons. The quantitative estimate of drug-likeness (QED) is 0.759. The molecular weight excluding hydrogens is 230 g/mol. The summed E-state index contributed by atoms with van der Waals surface area (Å²) < 4.78 is 0. The molecule has 0 aromatic rings. The summed E-state index contributed by atoms with van der Waals surface area (Å²) in [6.45, 7) is 4.60. The predicted octanol–water partition coefficient (Wildman–Crippen LogP) is 1.05. The van der Waals surface area contributed by atoms with Gasteiger partial charge in [0, 0.05) is 26.7 Å². The molecule has 3 amide bonds. The first kappa shape index (κ1) is 13.2. The fraction of sp³-hybridized carbons (Fsp3) is 0.846. The van der Waals surface area contributed by atoms with Gasteiger partial charge in [0.05, 0.1) is 0 Å². The van der Waals surface area contributed by atoms with Crippen LogP contribution < -0.4 is 5.32 Å². The van der Waals surface area contributed by atoms with Crippen LogP contribution in [0.4, 0.5) is 4.79 Å². The maximum atomic E-state index is 12.4. The average molecular weight is 253 g/mol. The van der Waals surface area contributed by atoms with Crippen molar-refractivity contribution in [1.29, 1.82) is 0 Å². The van der Waals surface area contributed by atoms with E-state index in [1.54, 1.807) is 11.9 Å². The van der Waals surface area contributed by atoms with Gasteiger partial charge in [-0.15, -0.1) is 0 Å². The number of amides is 3. The van der Waals surface area contributed by atoms with E-state index in [0.717, 1.165) is 38.8 Å². The van der Waals surface area contributed by atoms with Crippen LogP contribution in [-0.4, -0.2) is 54.5 Å². The van der Waals surface area contributed by atoms with E-state index in [4.69, 9.17) is 0 Å². The highest BCUT2D eigenvalue weighted by Gasteiger charge is 2.36. The number of likely N-dealkylation sites (tertiary alicyclic amines) is 2. The first-order valence-corrected chi connectivity index (χ1v) is 6.90. The van der Waals surface area contributed by atoms with Gasteiger partial charge in [0.15, 0.2) is 0 Å². The number of piperidine rings is 1. The molecule has 18 heavy (non-hydrogen) atoms. The highest BCUT2D eigenvalue weighted by Crippen LogP contribution is 2.22. The van der Waals surface area contributed by atoms with Crippen LogP contribution in [0.2, 0.25) is 0 Å². The maximum Gasteiger partial charge on any atom is 0.320 e. The van der Waals surface area contributed by atoms with Gasteiger partial charge in [-0.2, -0.15) is 0 Å². The molecule has 2 heterocycles. The highest BCUT2D eigenvalue weighted by atomic mass is 16.2. The third-order valence-corrected chi connectivity index (χ3v) is 4.10. The molecule has 0 bridgehead atoms. The monoisotopic (exact) mass is 253 g/mol. The van der Waals surface area contributed by atoms with Crippen molar-refractivity contribution in [3.63, 3.8) is 0 Å². The molecule has 0 radical (unpaired) electrons. The second kappa shape index (κ2) is 5.59. The van der Waals surface area contributed by atoms with Crippen molar-refractivity contribution in [3.8, 4) is 0 Å². The zero-order valence-electron chi connectivity index (χ0n) is 11.3. The lowest BCUT2D eigenvalue weighted by Gasteiger charge is -2.35. The minimum atomic E-state index is -0.262. The Morgan fingerprint density at radius 1 is 1.11 bits per heavy atom. The molecule has 1 atom stereocenters. The van der Waals surface area contributed by atoms with E-state index in [9.17, 15) is 9.59 Å². The summed E-state index contributed by atoms with van der Waals surface area (Å²) in [6.07, 6.45) is 3.86. The third kappa shape index (κ3) is 2.60. The van der Waals surface area contributed by atoms with Crippen molar-refractivity contribution in [1.82, 2.24) is 15.1 Å². The predicted molar refractivity (Wildman–Crippen MR) is 69.2 cm³/mol. The summed E-state index contributed by atoms with van der Waals surface area (Å²) >= 11 is 0. The Bertz CT molecular complexity index is 324. The summed E-state index contributed by atoms with van der Waals surface area (Å²) in [5.74, 6) is 0.675. The smallest absolute Gasteiger partial charge is 0.320 e. The summed E-state index contributed by atoms with van der Waals surface area (Å²) in [5, 5.41) is 2.65. The van der Waals surface area contributed by atoms with Gasteiger partial charge in [-0.25, -0.2) is 4.79 Å². The molecule has 1 unspecified atom stereocenters. The molecule has 0 saturated carbocycles. The van der Waals surface area contributed by atoms with Crippen molar-refractivity contribution in [2.45, 2.75) is 38.6 Å². The Labute approximate surface area is 108 Å². The zero-order chi connectivity index (χ0) is 13.1. The van der Waals surface area contributed by atoms with Gasteiger partial charge in [-0.3, -0.25) is 4.79 Å². The Morgan fingerprint density at radius 3 is 2.39 bits per heavy atom. The van der Waals surface area contributed by atoms with E-state index in [-0.39, 0.29) is 18.0 Å². The zero-order valence-corrected chi connectivity index (χ0v) is 11.3. The standard InChI is InChI=1S/C13H23N3O2/c1-10-5-8-15(9-6-10)13(18)16-7-3-4-11(16)12(17)14-2/h10-11H,3-9H2,1-2H3,(H,14,17). The molecule has 0 spiro atoms. The third-order valence-electron chi connectivity index (χ3n) is 4.10. The number of nitrogens with one attached hydrogen (secondary N) is 1. The highest BCUT2D eigenvalue weighted by molar-refractivity contribution is 5.87. The van der Waals surface area contributed by atoms with Crippen LogP contribution in [0.25, 0.3) is 0 Å². The number of hydrogen-bond acceptors (Lipinski definition) is 2. The number of urea groups is 1. The Hall–Kier alpha value is -1.26. The topological polar surface area (TPSA) is 52.7 Å². The van der Waals surface area contributed by atoms with Crippen LogP contribution in [0.15, 0.2) is 0 Å². The number of rotatable bonds is 1. The van der Waals surface area contributed by atoms with Gasteiger partial charge < -0.3 is 15.1 Å². The molecule has 2 fully saturated rings. The molecule has 0 aromatic heterocycles. The van der Waals surface area contributed by atoms with Gasteiger partial charge in [0.2, 0.25) is 5.91 Å². The summed E-state index contributed by atoms with van der Waals surface area (Å²) in [4.78, 5) is 27.8. The number of nitrogens with zero attached hydrogens (tertiary/aromatic N) is 2. The molecule has 5 heteroatoms. The number of carbonyl (C=O) groups is 2. The summed E-state index contributed by atoms with van der Waals surface area (Å²) in [6, 6.07) is -0.213. The molecule has 2 rings (SSSR count). The molecule has 1 N–H and O–H groups in total. The summed E-state index contributed by atoms with van der Waals surface area (Å²) in [7, 11) is 1.63. The minimum absolute atomic E-state index is 0.0359. The minimum Gasteiger partial charge on any atom is -0.357 e. The Balaban J connectivity index is 1.97. The molecule has 0 aromatic carbocycles. The van der Waals surface area contributed by atoms with Crippen LogP contribution in [0, 0.1) is 5.92 Å². The van der Waals surface area contributed by atoms with Crippen LogP contribution in [0.5, 0.6) is 0 Å². The number of hydrogen-bond donors (Lipinski definition) is 1. The van der Waals surface area contributed by atoms with Crippen LogP contribution in [0.1, 0.15) is 32.6 Å². The van der Waals surface area contributed by atoms with Crippen LogP contribution in [0.3, 0.4) is 0 Å². The largest absolute Gasteiger partial charge is 0.357 e. The molecule has 0 aliphatic carbocycles. The second-order valence-electron chi connectivity index (χ2n) is 5.42. The molecule has 2 aliphatic rings. The van der Waals surface area contributed by atoms with Gasteiger partial charge in [0.25, 0.3) is 0 Å². The van der Waals surface area contributed by atoms with Crippen molar-refractivity contribution in [3.05, 3.63) is 0 Å².